The molecule has 0 amide bonds. The standard InChI is InChI=1S/C41H50NO6SSi/c1-30-27-32(31-23-25-42(26-24-31)49(44,45)41(5,6)39(43)46-7)21-22-37(30)33-15-14-16-34(28-33)47-29-38(40(2,3)4)48-50(35-17-10-8-11-18-35)36-19-12-9-13-20-36/h8-22,27-28,31,38H,23-26,29H2,1-7H3. The van der Waals surface area contributed by atoms with Gasteiger partial charge >= 0.3 is 5.97 Å². The molecule has 1 radical (unpaired) electrons. The van der Waals surface area contributed by atoms with Crippen molar-refractivity contribution in [3.05, 3.63) is 114 Å². The van der Waals surface area contributed by atoms with E-state index in [1.807, 2.05) is 24.3 Å². The third-order valence-corrected chi connectivity index (χ3v) is 14.4. The fourth-order valence-corrected chi connectivity index (χ4v) is 10.3. The molecule has 0 aromatic heterocycles. The smallest absolute Gasteiger partial charge is 0.328 e. The number of piperidine rings is 1. The molecule has 1 aliphatic heterocycles. The minimum atomic E-state index is -3.84. The van der Waals surface area contributed by atoms with Crippen molar-refractivity contribution < 1.29 is 27.1 Å². The Morgan fingerprint density at radius 3 is 1.98 bits per heavy atom. The maximum Gasteiger partial charge on any atom is 0.328 e. The number of aryl methyl sites for hydroxylation is 1. The van der Waals surface area contributed by atoms with E-state index in [2.05, 4.69) is 107 Å². The summed E-state index contributed by atoms with van der Waals surface area (Å²) in [5, 5.41) is 2.41. The molecule has 1 unspecified atom stereocenters. The lowest BCUT2D eigenvalue weighted by molar-refractivity contribution is -0.142. The largest absolute Gasteiger partial charge is 0.491 e. The summed E-state index contributed by atoms with van der Waals surface area (Å²) in [7, 11) is -4.13. The molecule has 0 saturated carbocycles. The minimum absolute atomic E-state index is 0.144. The molecule has 1 heterocycles. The lowest BCUT2D eigenvalue weighted by Crippen LogP contribution is -2.52. The Morgan fingerprint density at radius 2 is 1.44 bits per heavy atom. The van der Waals surface area contributed by atoms with Gasteiger partial charge in [0.15, 0.2) is 4.75 Å². The molecule has 9 heteroatoms. The molecule has 1 fully saturated rings. The molecular weight excluding hydrogens is 663 g/mol. The summed E-state index contributed by atoms with van der Waals surface area (Å²) in [6.45, 7) is 12.7. The van der Waals surface area contributed by atoms with Crippen LogP contribution in [0.15, 0.2) is 103 Å². The van der Waals surface area contributed by atoms with Gasteiger partial charge in [-0.05, 0) is 89.7 Å². The number of hydrogen-bond donors (Lipinski definition) is 0. The second kappa shape index (κ2) is 15.6. The second-order valence-electron chi connectivity index (χ2n) is 14.6. The van der Waals surface area contributed by atoms with E-state index in [-0.39, 0.29) is 17.4 Å². The predicted octanol–water partition coefficient (Wildman–Crippen LogP) is 6.74. The Bertz CT molecular complexity index is 1810. The van der Waals surface area contributed by atoms with Crippen molar-refractivity contribution in [2.45, 2.75) is 71.2 Å². The Balaban J connectivity index is 1.27. The Hall–Kier alpha value is -3.76. The van der Waals surface area contributed by atoms with E-state index in [9.17, 15) is 13.2 Å². The van der Waals surface area contributed by atoms with Gasteiger partial charge in [0.2, 0.25) is 10.0 Å². The molecule has 5 rings (SSSR count). The first-order chi connectivity index (χ1) is 23.7. The second-order valence-corrected chi connectivity index (χ2v) is 19.2. The van der Waals surface area contributed by atoms with E-state index >= 15 is 0 Å². The van der Waals surface area contributed by atoms with Gasteiger partial charge in [-0.15, -0.1) is 0 Å². The number of methoxy groups -OCH3 is 1. The Morgan fingerprint density at radius 1 is 0.840 bits per heavy atom. The molecule has 0 bridgehead atoms. The van der Waals surface area contributed by atoms with Crippen LogP contribution < -0.4 is 15.1 Å². The first-order valence-electron chi connectivity index (χ1n) is 17.3. The molecule has 50 heavy (non-hydrogen) atoms. The molecule has 265 valence electrons. The van der Waals surface area contributed by atoms with Gasteiger partial charge in [-0.2, -0.15) is 0 Å². The van der Waals surface area contributed by atoms with Gasteiger partial charge in [0, 0.05) is 13.1 Å². The minimum Gasteiger partial charge on any atom is -0.491 e. The number of sulfonamides is 1. The Kier molecular flexibility index (Phi) is 11.7. The number of hydrogen-bond acceptors (Lipinski definition) is 6. The van der Waals surface area contributed by atoms with Crippen LogP contribution in [0.4, 0.5) is 0 Å². The van der Waals surface area contributed by atoms with Crippen LogP contribution in [0.2, 0.25) is 0 Å². The van der Waals surface area contributed by atoms with Crippen molar-refractivity contribution in [3.8, 4) is 16.9 Å². The van der Waals surface area contributed by atoms with Gasteiger partial charge in [-0.1, -0.05) is 112 Å². The maximum atomic E-state index is 13.2. The Labute approximate surface area is 300 Å². The molecule has 7 nitrogen and oxygen atoms in total. The van der Waals surface area contributed by atoms with Crippen LogP contribution >= 0.6 is 0 Å². The lowest BCUT2D eigenvalue weighted by atomic mass is 9.87. The molecule has 0 N–H and O–H groups in total. The fraction of sp³-hybridized carbons (Fsp3) is 0.390. The van der Waals surface area contributed by atoms with Gasteiger partial charge in [-0.3, -0.25) is 4.79 Å². The van der Waals surface area contributed by atoms with E-state index in [1.165, 1.54) is 41.2 Å². The first kappa shape index (κ1) is 37.5. The number of rotatable bonds is 12. The quantitative estimate of drug-likeness (QED) is 0.120. The van der Waals surface area contributed by atoms with E-state index < -0.39 is 29.8 Å². The third kappa shape index (κ3) is 8.40. The van der Waals surface area contributed by atoms with E-state index in [4.69, 9.17) is 13.9 Å². The monoisotopic (exact) mass is 712 g/mol. The van der Waals surface area contributed by atoms with E-state index in [1.54, 1.807) is 0 Å². The van der Waals surface area contributed by atoms with Crippen LogP contribution in [0.25, 0.3) is 11.1 Å². The van der Waals surface area contributed by atoms with Crippen molar-refractivity contribution >= 4 is 35.4 Å². The SMILES string of the molecule is COC(=O)C(C)(C)S(=O)(=O)N1CCC(c2ccc(-c3cccc(OCC(O[Si](c4ccccc4)c4ccccc4)C(C)(C)C)c3)c(C)c2)CC1. The van der Waals surface area contributed by atoms with Crippen LogP contribution in [-0.4, -0.2) is 65.4 Å². The summed E-state index contributed by atoms with van der Waals surface area (Å²) in [4.78, 5) is 12.2. The summed E-state index contributed by atoms with van der Waals surface area (Å²) < 4.78 is 44.5. The van der Waals surface area contributed by atoms with Gasteiger partial charge in [0.1, 0.15) is 12.4 Å². The average Bonchev–Trinajstić information content (AvgIpc) is 3.11. The molecular formula is C41H50NO6SSi. The summed E-state index contributed by atoms with van der Waals surface area (Å²) >= 11 is 0. The van der Waals surface area contributed by atoms with Crippen molar-refractivity contribution in [2.75, 3.05) is 26.8 Å². The number of carbonyl (C=O) groups excluding carboxylic acids is 1. The number of esters is 1. The summed E-state index contributed by atoms with van der Waals surface area (Å²) in [6.07, 6.45) is 1.23. The van der Waals surface area contributed by atoms with Crippen LogP contribution in [0.5, 0.6) is 5.75 Å². The molecule has 1 saturated heterocycles. The van der Waals surface area contributed by atoms with Crippen molar-refractivity contribution in [3.63, 3.8) is 0 Å². The summed E-state index contributed by atoms with van der Waals surface area (Å²) in [5.41, 5.74) is 4.39. The number of benzene rings is 4. The highest BCUT2D eigenvalue weighted by molar-refractivity contribution is 7.91. The van der Waals surface area contributed by atoms with Gasteiger partial charge < -0.3 is 13.9 Å². The zero-order valence-corrected chi connectivity index (χ0v) is 32.1. The molecule has 1 atom stereocenters. The van der Waals surface area contributed by atoms with Gasteiger partial charge in [0.05, 0.1) is 13.2 Å². The average molecular weight is 713 g/mol. The third-order valence-electron chi connectivity index (χ3n) is 9.68. The van der Waals surface area contributed by atoms with Crippen molar-refractivity contribution in [1.82, 2.24) is 4.31 Å². The highest BCUT2D eigenvalue weighted by Gasteiger charge is 2.47. The summed E-state index contributed by atoms with van der Waals surface area (Å²) in [5.74, 6) is 0.279. The molecule has 1 aliphatic rings. The van der Waals surface area contributed by atoms with Gasteiger partial charge in [0.25, 0.3) is 9.04 Å². The zero-order valence-electron chi connectivity index (χ0n) is 30.3. The topological polar surface area (TPSA) is 82.1 Å². The highest BCUT2D eigenvalue weighted by atomic mass is 32.2. The van der Waals surface area contributed by atoms with Gasteiger partial charge in [-0.25, -0.2) is 12.7 Å². The summed E-state index contributed by atoms with van der Waals surface area (Å²) in [6, 6.07) is 35.7. The lowest BCUT2D eigenvalue weighted by Gasteiger charge is -2.35. The number of carbonyl (C=O) groups is 1. The van der Waals surface area contributed by atoms with Crippen molar-refractivity contribution in [2.24, 2.45) is 5.41 Å². The zero-order chi connectivity index (χ0) is 36.1. The molecule has 4 aromatic rings. The van der Waals surface area contributed by atoms with Crippen LogP contribution in [0.3, 0.4) is 0 Å². The predicted molar refractivity (Wildman–Crippen MR) is 203 cm³/mol. The van der Waals surface area contributed by atoms with E-state index in [0.717, 1.165) is 22.4 Å². The normalized spacial score (nSPS) is 15.5. The molecule has 4 aromatic carbocycles. The maximum absolute atomic E-state index is 13.2. The first-order valence-corrected chi connectivity index (χ1v) is 20.1. The molecule has 0 spiro atoms. The van der Waals surface area contributed by atoms with E-state index in [0.29, 0.717) is 32.5 Å². The van der Waals surface area contributed by atoms with Crippen LogP contribution in [-0.2, 0) is 24.0 Å². The van der Waals surface area contributed by atoms with Crippen molar-refractivity contribution in [1.29, 1.82) is 0 Å². The number of nitrogens with zero attached hydrogens (tertiary/aromatic N) is 1. The number of ether oxygens (including phenoxy) is 2. The molecule has 0 aliphatic carbocycles. The fourth-order valence-electron chi connectivity index (χ4n) is 6.38. The van der Waals surface area contributed by atoms with Crippen LogP contribution in [0, 0.1) is 12.3 Å². The highest BCUT2D eigenvalue weighted by Crippen LogP contribution is 2.35. The van der Waals surface area contributed by atoms with Crippen LogP contribution in [0.1, 0.15) is 64.5 Å².